The number of carbonyl (C=O) groups excluding carboxylic acids is 1. The van der Waals surface area contributed by atoms with Crippen molar-refractivity contribution in [2.45, 2.75) is 38.1 Å². The van der Waals surface area contributed by atoms with E-state index < -0.39 is 0 Å². The summed E-state index contributed by atoms with van der Waals surface area (Å²) >= 11 is 0. The molecule has 3 heterocycles. The largest absolute Gasteiger partial charge is 0.472 e. The number of H-pyrrole nitrogens is 1. The average molecular weight is 273 g/mol. The van der Waals surface area contributed by atoms with E-state index in [1.807, 2.05) is 17.2 Å². The van der Waals surface area contributed by atoms with Gasteiger partial charge in [-0.3, -0.25) is 4.79 Å². The molecule has 1 saturated heterocycles. The maximum Gasteiger partial charge on any atom is 0.223 e. The zero-order chi connectivity index (χ0) is 13.8. The van der Waals surface area contributed by atoms with Gasteiger partial charge in [-0.2, -0.15) is 0 Å². The fourth-order valence-corrected chi connectivity index (χ4v) is 2.80. The molecule has 20 heavy (non-hydrogen) atoms. The van der Waals surface area contributed by atoms with Crippen molar-refractivity contribution in [1.82, 2.24) is 14.9 Å². The average Bonchev–Trinajstić information content (AvgIpc) is 3.18. The van der Waals surface area contributed by atoms with Crippen LogP contribution in [0.25, 0.3) is 0 Å². The van der Waals surface area contributed by atoms with Crippen LogP contribution in [0.2, 0.25) is 0 Å². The Hall–Kier alpha value is -2.04. The zero-order valence-electron chi connectivity index (χ0n) is 11.4. The molecule has 0 spiro atoms. The van der Waals surface area contributed by atoms with E-state index in [-0.39, 0.29) is 11.9 Å². The maximum absolute atomic E-state index is 12.5. The van der Waals surface area contributed by atoms with Gasteiger partial charge < -0.3 is 14.3 Å². The molecule has 0 saturated carbocycles. The molecule has 2 aromatic rings. The number of aromatic amines is 1. The third kappa shape index (κ3) is 2.76. The maximum atomic E-state index is 12.5. The Kier molecular flexibility index (Phi) is 3.85. The lowest BCUT2D eigenvalue weighted by Crippen LogP contribution is -2.39. The number of nitrogens with zero attached hydrogens (tertiary/aromatic N) is 2. The second-order valence-electron chi connectivity index (χ2n) is 5.20. The number of nitrogens with one attached hydrogen (secondary N) is 1. The first-order chi connectivity index (χ1) is 9.84. The van der Waals surface area contributed by atoms with Crippen molar-refractivity contribution in [1.29, 1.82) is 0 Å². The smallest absolute Gasteiger partial charge is 0.223 e. The Morgan fingerprint density at radius 2 is 2.45 bits per heavy atom. The third-order valence-corrected chi connectivity index (χ3v) is 3.87. The standard InChI is InChI=1S/C15H19N3O2/c19-14(5-4-12-6-10-20-11-12)18-9-2-1-3-13(18)15-16-7-8-17-15/h6-8,10-11,13H,1-5,9H2,(H,16,17). The van der Waals surface area contributed by atoms with Gasteiger partial charge in [0.2, 0.25) is 5.91 Å². The van der Waals surface area contributed by atoms with Crippen LogP contribution in [-0.2, 0) is 11.2 Å². The molecular formula is C15H19N3O2. The Balaban J connectivity index is 1.65. The van der Waals surface area contributed by atoms with Gasteiger partial charge in [0.15, 0.2) is 0 Å². The van der Waals surface area contributed by atoms with Gasteiger partial charge in [0.25, 0.3) is 0 Å². The lowest BCUT2D eigenvalue weighted by atomic mass is 10.0. The molecular weight excluding hydrogens is 254 g/mol. The molecule has 106 valence electrons. The summed E-state index contributed by atoms with van der Waals surface area (Å²) in [4.78, 5) is 21.9. The molecule has 0 bridgehead atoms. The fourth-order valence-electron chi connectivity index (χ4n) is 2.80. The molecule has 3 rings (SSSR count). The van der Waals surface area contributed by atoms with E-state index in [1.165, 1.54) is 0 Å². The van der Waals surface area contributed by atoms with E-state index in [9.17, 15) is 4.79 Å². The molecule has 5 heteroatoms. The number of carbonyl (C=O) groups is 1. The molecule has 0 radical (unpaired) electrons. The molecule has 5 nitrogen and oxygen atoms in total. The predicted molar refractivity (Wildman–Crippen MR) is 73.9 cm³/mol. The van der Waals surface area contributed by atoms with Crippen LogP contribution in [0.3, 0.4) is 0 Å². The zero-order valence-corrected chi connectivity index (χ0v) is 11.4. The normalized spacial score (nSPS) is 19.2. The number of aryl methyl sites for hydroxylation is 1. The minimum Gasteiger partial charge on any atom is -0.472 e. The van der Waals surface area contributed by atoms with Crippen molar-refractivity contribution in [3.63, 3.8) is 0 Å². The van der Waals surface area contributed by atoms with Crippen LogP contribution in [0.15, 0.2) is 35.4 Å². The van der Waals surface area contributed by atoms with Gasteiger partial charge >= 0.3 is 0 Å². The van der Waals surface area contributed by atoms with Crippen LogP contribution in [-0.4, -0.2) is 27.3 Å². The number of amides is 1. The van der Waals surface area contributed by atoms with E-state index in [1.54, 1.807) is 18.7 Å². The first-order valence-corrected chi connectivity index (χ1v) is 7.14. The summed E-state index contributed by atoms with van der Waals surface area (Å²) in [5.41, 5.74) is 1.07. The SMILES string of the molecule is O=C(CCc1ccoc1)N1CCCCC1c1ncc[nH]1. The number of hydrogen-bond acceptors (Lipinski definition) is 3. The summed E-state index contributed by atoms with van der Waals surface area (Å²) in [6.45, 7) is 0.829. The molecule has 1 N–H and O–H groups in total. The number of rotatable bonds is 4. The second kappa shape index (κ2) is 5.94. The van der Waals surface area contributed by atoms with Crippen LogP contribution >= 0.6 is 0 Å². The third-order valence-electron chi connectivity index (χ3n) is 3.87. The molecule has 2 aromatic heterocycles. The molecule has 1 amide bonds. The van der Waals surface area contributed by atoms with E-state index in [0.29, 0.717) is 6.42 Å². The lowest BCUT2D eigenvalue weighted by molar-refractivity contribution is -0.135. The van der Waals surface area contributed by atoms with Gasteiger partial charge in [0.1, 0.15) is 5.82 Å². The van der Waals surface area contributed by atoms with Crippen molar-refractivity contribution in [3.05, 3.63) is 42.4 Å². The van der Waals surface area contributed by atoms with E-state index in [2.05, 4.69) is 9.97 Å². The van der Waals surface area contributed by atoms with Crippen molar-refractivity contribution in [3.8, 4) is 0 Å². The molecule has 1 aliphatic rings. The highest BCUT2D eigenvalue weighted by atomic mass is 16.3. The Morgan fingerprint density at radius 1 is 1.50 bits per heavy atom. The Morgan fingerprint density at radius 3 is 3.20 bits per heavy atom. The summed E-state index contributed by atoms with van der Waals surface area (Å²) < 4.78 is 5.03. The summed E-state index contributed by atoms with van der Waals surface area (Å²) in [7, 11) is 0. The van der Waals surface area contributed by atoms with E-state index in [4.69, 9.17) is 4.42 Å². The molecule has 1 unspecified atom stereocenters. The molecule has 0 aromatic carbocycles. The van der Waals surface area contributed by atoms with Crippen LogP contribution < -0.4 is 0 Å². The number of hydrogen-bond donors (Lipinski definition) is 1. The van der Waals surface area contributed by atoms with Gasteiger partial charge in [-0.05, 0) is 37.3 Å². The molecule has 0 aliphatic carbocycles. The predicted octanol–water partition coefficient (Wildman–Crippen LogP) is 2.69. The minimum absolute atomic E-state index is 0.107. The van der Waals surface area contributed by atoms with Crippen molar-refractivity contribution in [2.75, 3.05) is 6.54 Å². The van der Waals surface area contributed by atoms with Gasteiger partial charge in [0, 0.05) is 25.4 Å². The summed E-state index contributed by atoms with van der Waals surface area (Å²) in [5.74, 6) is 1.11. The minimum atomic E-state index is 0.107. The Bertz CT molecular complexity index is 533. The number of likely N-dealkylation sites (tertiary alicyclic amines) is 1. The first-order valence-electron chi connectivity index (χ1n) is 7.14. The van der Waals surface area contributed by atoms with Gasteiger partial charge in [-0.25, -0.2) is 4.98 Å². The van der Waals surface area contributed by atoms with Crippen molar-refractivity contribution >= 4 is 5.91 Å². The van der Waals surface area contributed by atoms with Crippen LogP contribution in [0.5, 0.6) is 0 Å². The van der Waals surface area contributed by atoms with Gasteiger partial charge in [-0.1, -0.05) is 0 Å². The molecule has 1 atom stereocenters. The Labute approximate surface area is 118 Å². The number of piperidine rings is 1. The monoisotopic (exact) mass is 273 g/mol. The number of aromatic nitrogens is 2. The van der Waals surface area contributed by atoms with E-state index >= 15 is 0 Å². The highest BCUT2D eigenvalue weighted by molar-refractivity contribution is 5.77. The highest BCUT2D eigenvalue weighted by Crippen LogP contribution is 2.29. The topological polar surface area (TPSA) is 62.1 Å². The number of furan rings is 1. The van der Waals surface area contributed by atoms with Crippen LogP contribution in [0.4, 0.5) is 0 Å². The second-order valence-corrected chi connectivity index (χ2v) is 5.20. The first kappa shape index (κ1) is 13.0. The van der Waals surface area contributed by atoms with Gasteiger partial charge in [-0.15, -0.1) is 0 Å². The van der Waals surface area contributed by atoms with Crippen molar-refractivity contribution in [2.24, 2.45) is 0 Å². The summed E-state index contributed by atoms with van der Waals surface area (Å²) in [5, 5.41) is 0. The summed E-state index contributed by atoms with van der Waals surface area (Å²) in [6.07, 6.45) is 11.4. The van der Waals surface area contributed by atoms with Crippen LogP contribution in [0.1, 0.15) is 43.1 Å². The quantitative estimate of drug-likeness (QED) is 0.931. The number of imidazole rings is 1. The highest BCUT2D eigenvalue weighted by Gasteiger charge is 2.29. The lowest BCUT2D eigenvalue weighted by Gasteiger charge is -2.34. The molecule has 1 fully saturated rings. The molecule has 1 aliphatic heterocycles. The van der Waals surface area contributed by atoms with Gasteiger partial charge in [0.05, 0.1) is 18.6 Å². The van der Waals surface area contributed by atoms with E-state index in [0.717, 1.165) is 43.6 Å². The van der Waals surface area contributed by atoms with Crippen molar-refractivity contribution < 1.29 is 9.21 Å². The summed E-state index contributed by atoms with van der Waals surface area (Å²) in [6, 6.07) is 2.02. The fraction of sp³-hybridized carbons (Fsp3) is 0.467. The van der Waals surface area contributed by atoms with Crippen LogP contribution in [0, 0.1) is 0 Å².